The van der Waals surface area contributed by atoms with E-state index in [-0.39, 0.29) is 16.8 Å². The van der Waals surface area contributed by atoms with Gasteiger partial charge in [0.15, 0.2) is 0 Å². The number of ether oxygens (including phenoxy) is 1. The van der Waals surface area contributed by atoms with Gasteiger partial charge >= 0.3 is 0 Å². The number of nitrogens with one attached hydrogen (secondary N) is 2. The second-order valence-electron chi connectivity index (χ2n) is 8.59. The van der Waals surface area contributed by atoms with Crippen molar-refractivity contribution >= 4 is 21.6 Å². The molecule has 32 heavy (non-hydrogen) atoms. The highest BCUT2D eigenvalue weighted by Crippen LogP contribution is 2.20. The van der Waals surface area contributed by atoms with E-state index in [4.69, 9.17) is 4.74 Å². The van der Waals surface area contributed by atoms with Crippen LogP contribution in [0.15, 0.2) is 53.4 Å². The average molecular weight is 460 g/mol. The number of hydrogen-bond acceptors (Lipinski definition) is 5. The maximum absolute atomic E-state index is 12.7. The third kappa shape index (κ3) is 6.54. The molecule has 8 heteroatoms. The highest BCUT2D eigenvalue weighted by atomic mass is 32.2. The summed E-state index contributed by atoms with van der Waals surface area (Å²) >= 11 is 0. The number of carbonyl (C=O) groups excluding carboxylic acids is 1. The van der Waals surface area contributed by atoms with E-state index in [1.807, 2.05) is 19.1 Å². The molecule has 2 aromatic rings. The standard InChI is InChI=1S/C24H33N3O4S/c1-18(2)16-21(27-12-14-31-15-13-27)17-25-24(28)20-8-10-22(11-9-20)32(29,30)26-23-7-5-4-6-19(23)3/h4-11,18,21,26H,12-17H2,1-3H3,(H,25,28). The molecule has 1 heterocycles. The van der Waals surface area contributed by atoms with E-state index in [0.29, 0.717) is 23.7 Å². The van der Waals surface area contributed by atoms with E-state index in [2.05, 4.69) is 28.8 Å². The van der Waals surface area contributed by atoms with Crippen LogP contribution in [0.5, 0.6) is 0 Å². The lowest BCUT2D eigenvalue weighted by molar-refractivity contribution is 0.0124. The molecular formula is C24H33N3O4S. The van der Waals surface area contributed by atoms with Crippen LogP contribution in [0.4, 0.5) is 5.69 Å². The van der Waals surface area contributed by atoms with Gasteiger partial charge in [-0.1, -0.05) is 32.0 Å². The minimum absolute atomic E-state index is 0.114. The van der Waals surface area contributed by atoms with Gasteiger partial charge in [0.25, 0.3) is 15.9 Å². The van der Waals surface area contributed by atoms with Gasteiger partial charge in [-0.15, -0.1) is 0 Å². The van der Waals surface area contributed by atoms with Crippen molar-refractivity contribution in [3.8, 4) is 0 Å². The summed E-state index contributed by atoms with van der Waals surface area (Å²) in [5.41, 5.74) is 1.81. The van der Waals surface area contributed by atoms with Gasteiger partial charge in [0, 0.05) is 31.2 Å². The lowest BCUT2D eigenvalue weighted by Crippen LogP contribution is -2.49. The predicted molar refractivity (Wildman–Crippen MR) is 126 cm³/mol. The Balaban J connectivity index is 1.63. The maximum atomic E-state index is 12.7. The number of sulfonamides is 1. The summed E-state index contributed by atoms with van der Waals surface area (Å²) in [6.45, 7) is 9.92. The molecule has 1 aliphatic rings. The Labute approximate surface area is 191 Å². The molecule has 1 atom stereocenters. The Bertz CT molecular complexity index is 1000. The summed E-state index contributed by atoms with van der Waals surface area (Å²) < 4.78 is 33.5. The van der Waals surface area contributed by atoms with Crippen molar-refractivity contribution in [2.45, 2.75) is 38.1 Å². The van der Waals surface area contributed by atoms with Crippen molar-refractivity contribution in [3.05, 3.63) is 59.7 Å². The number of morpholine rings is 1. The lowest BCUT2D eigenvalue weighted by atomic mass is 10.0. The van der Waals surface area contributed by atoms with Crippen LogP contribution in [-0.2, 0) is 14.8 Å². The Morgan fingerprint density at radius 1 is 1.06 bits per heavy atom. The fourth-order valence-electron chi connectivity index (χ4n) is 3.84. The highest BCUT2D eigenvalue weighted by molar-refractivity contribution is 7.92. The van der Waals surface area contributed by atoms with Crippen LogP contribution >= 0.6 is 0 Å². The largest absolute Gasteiger partial charge is 0.379 e. The van der Waals surface area contributed by atoms with Crippen molar-refractivity contribution < 1.29 is 17.9 Å². The number of aryl methyl sites for hydroxylation is 1. The monoisotopic (exact) mass is 459 g/mol. The van der Waals surface area contributed by atoms with Crippen molar-refractivity contribution in [2.75, 3.05) is 37.6 Å². The van der Waals surface area contributed by atoms with E-state index in [9.17, 15) is 13.2 Å². The summed E-state index contributed by atoms with van der Waals surface area (Å²) in [6, 6.07) is 13.5. The minimum atomic E-state index is -3.73. The molecule has 0 radical (unpaired) electrons. The van der Waals surface area contributed by atoms with Crippen molar-refractivity contribution in [3.63, 3.8) is 0 Å². The number of amides is 1. The predicted octanol–water partition coefficient (Wildman–Crippen LogP) is 3.27. The Morgan fingerprint density at radius 2 is 1.72 bits per heavy atom. The molecule has 7 nitrogen and oxygen atoms in total. The molecule has 1 fully saturated rings. The van der Waals surface area contributed by atoms with Crippen molar-refractivity contribution in [1.82, 2.24) is 10.2 Å². The van der Waals surface area contributed by atoms with Gasteiger partial charge in [-0.05, 0) is 55.2 Å². The number of nitrogens with zero attached hydrogens (tertiary/aromatic N) is 1. The molecule has 1 amide bonds. The first kappa shape index (κ1) is 24.2. The van der Waals surface area contributed by atoms with Crippen LogP contribution < -0.4 is 10.0 Å². The van der Waals surface area contributed by atoms with Crippen LogP contribution in [0.2, 0.25) is 0 Å². The molecule has 1 saturated heterocycles. The molecule has 0 aromatic heterocycles. The van der Waals surface area contributed by atoms with Gasteiger partial charge in [-0.2, -0.15) is 0 Å². The second-order valence-corrected chi connectivity index (χ2v) is 10.3. The summed E-state index contributed by atoms with van der Waals surface area (Å²) in [4.78, 5) is 15.2. The van der Waals surface area contributed by atoms with Gasteiger partial charge in [0.05, 0.1) is 23.8 Å². The molecule has 2 N–H and O–H groups in total. The molecule has 0 saturated carbocycles. The number of para-hydroxylation sites is 1. The molecule has 0 spiro atoms. The van der Waals surface area contributed by atoms with Crippen molar-refractivity contribution in [2.24, 2.45) is 5.92 Å². The molecule has 0 aliphatic carbocycles. The summed E-state index contributed by atoms with van der Waals surface area (Å²) in [6.07, 6.45) is 0.988. The normalized spacial score (nSPS) is 16.0. The average Bonchev–Trinajstić information content (AvgIpc) is 2.78. The SMILES string of the molecule is Cc1ccccc1NS(=O)(=O)c1ccc(C(=O)NCC(CC(C)C)N2CCOCC2)cc1. The lowest BCUT2D eigenvalue weighted by Gasteiger charge is -2.35. The number of anilines is 1. The van der Waals surface area contributed by atoms with E-state index in [1.165, 1.54) is 12.1 Å². The zero-order valence-corrected chi connectivity index (χ0v) is 19.8. The fraction of sp³-hybridized carbons (Fsp3) is 0.458. The minimum Gasteiger partial charge on any atom is -0.379 e. The summed E-state index contributed by atoms with van der Waals surface area (Å²) in [7, 11) is -3.73. The number of rotatable bonds is 9. The third-order valence-electron chi connectivity index (χ3n) is 5.62. The van der Waals surface area contributed by atoms with Crippen LogP contribution in [0.3, 0.4) is 0 Å². The van der Waals surface area contributed by atoms with E-state index < -0.39 is 10.0 Å². The number of hydrogen-bond donors (Lipinski definition) is 2. The molecule has 1 unspecified atom stereocenters. The van der Waals surface area contributed by atoms with Gasteiger partial charge < -0.3 is 10.1 Å². The van der Waals surface area contributed by atoms with Gasteiger partial charge in [0.2, 0.25) is 0 Å². The van der Waals surface area contributed by atoms with Gasteiger partial charge in [-0.3, -0.25) is 14.4 Å². The maximum Gasteiger partial charge on any atom is 0.261 e. The Morgan fingerprint density at radius 3 is 2.34 bits per heavy atom. The van der Waals surface area contributed by atoms with E-state index in [1.54, 1.807) is 24.3 Å². The molecule has 3 rings (SSSR count). The van der Waals surface area contributed by atoms with E-state index in [0.717, 1.165) is 38.3 Å². The first-order chi connectivity index (χ1) is 15.3. The molecule has 2 aromatic carbocycles. The van der Waals surface area contributed by atoms with Crippen LogP contribution in [-0.4, -0.2) is 58.1 Å². The fourth-order valence-corrected chi connectivity index (χ4v) is 4.97. The first-order valence-electron chi connectivity index (χ1n) is 11.0. The zero-order valence-electron chi connectivity index (χ0n) is 19.0. The summed E-state index contributed by atoms with van der Waals surface area (Å²) in [5, 5.41) is 3.02. The van der Waals surface area contributed by atoms with Crippen molar-refractivity contribution in [1.29, 1.82) is 0 Å². The third-order valence-corrected chi connectivity index (χ3v) is 7.00. The van der Waals surface area contributed by atoms with Crippen LogP contribution in [0, 0.1) is 12.8 Å². The number of benzene rings is 2. The first-order valence-corrected chi connectivity index (χ1v) is 12.5. The molecule has 174 valence electrons. The molecule has 0 bridgehead atoms. The smallest absolute Gasteiger partial charge is 0.261 e. The molecular weight excluding hydrogens is 426 g/mol. The Hall–Kier alpha value is -2.42. The second kappa shape index (κ2) is 10.9. The van der Waals surface area contributed by atoms with Crippen LogP contribution in [0.1, 0.15) is 36.2 Å². The summed E-state index contributed by atoms with van der Waals surface area (Å²) in [5.74, 6) is 0.313. The van der Waals surface area contributed by atoms with E-state index >= 15 is 0 Å². The topological polar surface area (TPSA) is 87.7 Å². The zero-order chi connectivity index (χ0) is 23.1. The quantitative estimate of drug-likeness (QED) is 0.601. The Kier molecular flexibility index (Phi) is 8.28. The number of carbonyl (C=O) groups is 1. The molecule has 1 aliphatic heterocycles. The highest BCUT2D eigenvalue weighted by Gasteiger charge is 2.23. The van der Waals surface area contributed by atoms with Crippen LogP contribution in [0.25, 0.3) is 0 Å². The van der Waals surface area contributed by atoms with Gasteiger partial charge in [0.1, 0.15) is 0 Å². The van der Waals surface area contributed by atoms with Gasteiger partial charge in [-0.25, -0.2) is 8.42 Å².